The Balaban J connectivity index is 1.27. The summed E-state index contributed by atoms with van der Waals surface area (Å²) in [6.07, 6.45) is 4.85. The van der Waals surface area contributed by atoms with E-state index >= 15 is 0 Å². The van der Waals surface area contributed by atoms with Gasteiger partial charge in [0.25, 0.3) is 5.91 Å². The van der Waals surface area contributed by atoms with Crippen molar-refractivity contribution in [3.63, 3.8) is 0 Å². The van der Waals surface area contributed by atoms with E-state index in [1.165, 1.54) is 36.9 Å². The van der Waals surface area contributed by atoms with E-state index in [1.807, 2.05) is 30.3 Å². The van der Waals surface area contributed by atoms with Crippen molar-refractivity contribution in [2.75, 3.05) is 13.1 Å². The molecule has 2 aliphatic rings. The van der Waals surface area contributed by atoms with Gasteiger partial charge < -0.3 is 10.6 Å². The summed E-state index contributed by atoms with van der Waals surface area (Å²) >= 11 is 0. The molecule has 2 aliphatic carbocycles. The molecule has 0 aliphatic heterocycles. The molecule has 0 bridgehead atoms. The lowest BCUT2D eigenvalue weighted by Crippen LogP contribution is -2.25. The molecule has 2 saturated carbocycles. The third-order valence-electron chi connectivity index (χ3n) is 5.28. The minimum absolute atomic E-state index is 0.0286. The van der Waals surface area contributed by atoms with Crippen molar-refractivity contribution >= 4 is 5.91 Å². The zero-order valence-electron chi connectivity index (χ0n) is 14.6. The van der Waals surface area contributed by atoms with Crippen LogP contribution in [0, 0.1) is 5.92 Å². The van der Waals surface area contributed by atoms with E-state index in [0.717, 1.165) is 17.9 Å². The molecule has 1 amide bonds. The van der Waals surface area contributed by atoms with Crippen molar-refractivity contribution < 1.29 is 4.79 Å². The molecule has 4 rings (SSSR count). The van der Waals surface area contributed by atoms with E-state index < -0.39 is 0 Å². The van der Waals surface area contributed by atoms with Crippen molar-refractivity contribution in [2.24, 2.45) is 5.92 Å². The molecule has 3 nitrogen and oxygen atoms in total. The smallest absolute Gasteiger partial charge is 0.251 e. The lowest BCUT2D eigenvalue weighted by molar-refractivity contribution is 0.0954. The second-order valence-electron chi connectivity index (χ2n) is 7.42. The summed E-state index contributed by atoms with van der Waals surface area (Å²) in [5, 5.41) is 6.71. The first kappa shape index (κ1) is 16.3. The molecule has 2 aromatic carbocycles. The number of amides is 1. The van der Waals surface area contributed by atoms with Crippen LogP contribution in [0.2, 0.25) is 0 Å². The van der Waals surface area contributed by atoms with Crippen LogP contribution in [0.5, 0.6) is 0 Å². The van der Waals surface area contributed by atoms with Gasteiger partial charge in [-0.25, -0.2) is 0 Å². The molecule has 25 heavy (non-hydrogen) atoms. The van der Waals surface area contributed by atoms with Gasteiger partial charge in [-0.2, -0.15) is 0 Å². The van der Waals surface area contributed by atoms with E-state index in [9.17, 15) is 4.79 Å². The fraction of sp³-hybridized carbons (Fsp3) is 0.409. The van der Waals surface area contributed by atoms with Crippen LogP contribution in [-0.2, 0) is 6.42 Å². The zero-order chi connectivity index (χ0) is 17.1. The van der Waals surface area contributed by atoms with Gasteiger partial charge in [-0.15, -0.1) is 0 Å². The van der Waals surface area contributed by atoms with Crippen LogP contribution < -0.4 is 10.6 Å². The van der Waals surface area contributed by atoms with Crippen LogP contribution in [-0.4, -0.2) is 25.0 Å². The summed E-state index contributed by atoms with van der Waals surface area (Å²) in [5.41, 5.74) is 3.32. The van der Waals surface area contributed by atoms with Gasteiger partial charge in [0.1, 0.15) is 0 Å². The van der Waals surface area contributed by atoms with E-state index in [-0.39, 0.29) is 5.91 Å². The number of hydrogen-bond acceptors (Lipinski definition) is 2. The Bertz CT molecular complexity index is 724. The number of carbonyl (C=O) groups excluding carboxylic acids is 1. The Morgan fingerprint density at radius 2 is 1.88 bits per heavy atom. The van der Waals surface area contributed by atoms with Crippen LogP contribution in [0.4, 0.5) is 0 Å². The molecule has 0 saturated heterocycles. The maximum Gasteiger partial charge on any atom is 0.251 e. The fourth-order valence-electron chi connectivity index (χ4n) is 3.41. The minimum atomic E-state index is 0.0286. The maximum atomic E-state index is 12.4. The molecule has 2 aromatic rings. The molecule has 3 heteroatoms. The van der Waals surface area contributed by atoms with Crippen molar-refractivity contribution in [2.45, 2.75) is 37.6 Å². The van der Waals surface area contributed by atoms with Gasteiger partial charge in [0.15, 0.2) is 0 Å². The third-order valence-corrected chi connectivity index (χ3v) is 5.28. The first-order chi connectivity index (χ1) is 12.3. The molecule has 0 unspecified atom stereocenters. The van der Waals surface area contributed by atoms with E-state index in [4.69, 9.17) is 0 Å². The summed E-state index contributed by atoms with van der Waals surface area (Å²) in [4.78, 5) is 12.4. The van der Waals surface area contributed by atoms with Gasteiger partial charge in [0, 0.05) is 24.1 Å². The zero-order valence-corrected chi connectivity index (χ0v) is 14.6. The van der Waals surface area contributed by atoms with Crippen LogP contribution in [0.25, 0.3) is 0 Å². The summed E-state index contributed by atoms with van der Waals surface area (Å²) < 4.78 is 0. The van der Waals surface area contributed by atoms with E-state index in [0.29, 0.717) is 18.5 Å². The van der Waals surface area contributed by atoms with Gasteiger partial charge >= 0.3 is 0 Å². The van der Waals surface area contributed by atoms with Crippen molar-refractivity contribution in [1.29, 1.82) is 0 Å². The van der Waals surface area contributed by atoms with Gasteiger partial charge in [-0.3, -0.25) is 4.79 Å². The lowest BCUT2D eigenvalue weighted by atomic mass is 10.1. The second-order valence-corrected chi connectivity index (χ2v) is 7.42. The number of hydrogen-bond donors (Lipinski definition) is 2. The number of nitrogens with one attached hydrogen (secondary N) is 2. The number of benzene rings is 2. The van der Waals surface area contributed by atoms with Crippen LogP contribution >= 0.6 is 0 Å². The van der Waals surface area contributed by atoms with E-state index in [2.05, 4.69) is 34.9 Å². The lowest BCUT2D eigenvalue weighted by Gasteiger charge is -2.08. The van der Waals surface area contributed by atoms with Crippen molar-refractivity contribution in [3.05, 3.63) is 71.3 Å². The van der Waals surface area contributed by atoms with E-state index in [1.54, 1.807) is 0 Å². The highest BCUT2D eigenvalue weighted by Gasteiger charge is 2.39. The first-order valence-electron chi connectivity index (χ1n) is 9.45. The van der Waals surface area contributed by atoms with Crippen molar-refractivity contribution in [1.82, 2.24) is 10.6 Å². The Morgan fingerprint density at radius 1 is 1.04 bits per heavy atom. The molecule has 2 fully saturated rings. The summed E-state index contributed by atoms with van der Waals surface area (Å²) in [7, 11) is 0. The Kier molecular flexibility index (Phi) is 4.84. The predicted molar refractivity (Wildman–Crippen MR) is 101 cm³/mol. The largest absolute Gasteiger partial charge is 0.352 e. The SMILES string of the molecule is O=C(NCCc1ccccc1)c1cccc([C@@H]2C[C@H]2NCC2CC2)c1. The van der Waals surface area contributed by atoms with Gasteiger partial charge in [-0.1, -0.05) is 42.5 Å². The maximum absolute atomic E-state index is 12.4. The average molecular weight is 334 g/mol. The topological polar surface area (TPSA) is 41.1 Å². The fourth-order valence-corrected chi connectivity index (χ4v) is 3.41. The number of carbonyl (C=O) groups is 1. The average Bonchev–Trinajstić information content (AvgIpc) is 3.55. The molecule has 0 heterocycles. The molecule has 2 atom stereocenters. The Hall–Kier alpha value is -2.13. The molecule has 0 radical (unpaired) electrons. The first-order valence-corrected chi connectivity index (χ1v) is 9.45. The molecule has 0 spiro atoms. The highest BCUT2D eigenvalue weighted by atomic mass is 16.1. The van der Waals surface area contributed by atoms with Crippen LogP contribution in [0.1, 0.15) is 46.7 Å². The third kappa shape index (κ3) is 4.49. The van der Waals surface area contributed by atoms with Gasteiger partial charge in [0.05, 0.1) is 0 Å². The Morgan fingerprint density at radius 3 is 2.68 bits per heavy atom. The molecular formula is C22H26N2O. The van der Waals surface area contributed by atoms with Crippen molar-refractivity contribution in [3.8, 4) is 0 Å². The monoisotopic (exact) mass is 334 g/mol. The highest BCUT2D eigenvalue weighted by molar-refractivity contribution is 5.94. The quantitative estimate of drug-likeness (QED) is 0.775. The molecule has 130 valence electrons. The molecular weight excluding hydrogens is 308 g/mol. The number of rotatable bonds is 8. The molecule has 2 N–H and O–H groups in total. The Labute approximate surface area is 149 Å². The van der Waals surface area contributed by atoms with Crippen LogP contribution in [0.3, 0.4) is 0 Å². The summed E-state index contributed by atoms with van der Waals surface area (Å²) in [6, 6.07) is 19.0. The van der Waals surface area contributed by atoms with Gasteiger partial charge in [0.2, 0.25) is 0 Å². The van der Waals surface area contributed by atoms with Crippen LogP contribution in [0.15, 0.2) is 54.6 Å². The second kappa shape index (κ2) is 7.40. The van der Waals surface area contributed by atoms with Gasteiger partial charge in [-0.05, 0) is 61.4 Å². The molecule has 0 aromatic heterocycles. The standard InChI is InChI=1S/C22H26N2O/c25-22(23-12-11-16-5-2-1-3-6-16)19-8-4-7-18(13-19)20-14-21(20)24-15-17-9-10-17/h1-8,13,17,20-21,24H,9-12,14-15H2,(H,23,25)/t20-,21+/m0/s1. The highest BCUT2D eigenvalue weighted by Crippen LogP contribution is 2.41. The predicted octanol–water partition coefficient (Wildman–Crippen LogP) is 3.51. The normalized spacial score (nSPS) is 21.8. The summed E-state index contributed by atoms with van der Waals surface area (Å²) in [6.45, 7) is 1.84. The minimum Gasteiger partial charge on any atom is -0.352 e. The summed E-state index contributed by atoms with van der Waals surface area (Å²) in [5.74, 6) is 1.53.